The van der Waals surface area contributed by atoms with Crippen LogP contribution in [0.2, 0.25) is 0 Å². The Morgan fingerprint density at radius 1 is 0.929 bits per heavy atom. The van der Waals surface area contributed by atoms with E-state index in [-0.39, 0.29) is 24.3 Å². The van der Waals surface area contributed by atoms with Crippen molar-refractivity contribution in [3.05, 3.63) is 59.7 Å². The van der Waals surface area contributed by atoms with Crippen molar-refractivity contribution in [2.75, 3.05) is 37.8 Å². The van der Waals surface area contributed by atoms with Gasteiger partial charge in [-0.05, 0) is 42.8 Å². The van der Waals surface area contributed by atoms with Gasteiger partial charge in [-0.2, -0.15) is 0 Å². The van der Waals surface area contributed by atoms with Crippen LogP contribution >= 0.6 is 0 Å². The van der Waals surface area contributed by atoms with E-state index in [1.54, 1.807) is 62.6 Å². The second-order valence-electron chi connectivity index (χ2n) is 6.52. The SMILES string of the molecule is CCCNC(=O)c1cccc(NC(=O)CNc2cccc(C(=O)N(C)C)c2)c1. The first kappa shape index (κ1) is 21.0. The van der Waals surface area contributed by atoms with Crippen molar-refractivity contribution in [3.8, 4) is 0 Å². The molecule has 0 spiro atoms. The second-order valence-corrected chi connectivity index (χ2v) is 6.52. The molecule has 148 valence electrons. The summed E-state index contributed by atoms with van der Waals surface area (Å²) in [7, 11) is 3.37. The molecular formula is C21H26N4O3. The minimum atomic E-state index is -0.254. The first-order valence-corrected chi connectivity index (χ1v) is 9.14. The maximum atomic E-state index is 12.2. The molecule has 0 aromatic heterocycles. The molecule has 0 saturated heterocycles. The van der Waals surface area contributed by atoms with Crippen LogP contribution in [0.4, 0.5) is 11.4 Å². The van der Waals surface area contributed by atoms with Gasteiger partial charge in [0.2, 0.25) is 5.91 Å². The number of nitrogens with zero attached hydrogens (tertiary/aromatic N) is 1. The number of carbonyl (C=O) groups is 3. The van der Waals surface area contributed by atoms with Gasteiger partial charge in [0.1, 0.15) is 0 Å². The Morgan fingerprint density at radius 2 is 1.57 bits per heavy atom. The molecule has 0 aliphatic rings. The van der Waals surface area contributed by atoms with E-state index in [4.69, 9.17) is 0 Å². The molecule has 0 aliphatic heterocycles. The molecule has 3 N–H and O–H groups in total. The summed E-state index contributed by atoms with van der Waals surface area (Å²) in [4.78, 5) is 37.7. The van der Waals surface area contributed by atoms with Crippen LogP contribution in [0.1, 0.15) is 34.1 Å². The molecule has 7 nitrogen and oxygen atoms in total. The molecule has 0 aliphatic carbocycles. The van der Waals surface area contributed by atoms with Gasteiger partial charge in [-0.3, -0.25) is 14.4 Å². The Kier molecular flexibility index (Phi) is 7.56. The quantitative estimate of drug-likeness (QED) is 0.654. The molecule has 2 rings (SSSR count). The lowest BCUT2D eigenvalue weighted by atomic mass is 10.1. The Morgan fingerprint density at radius 3 is 2.25 bits per heavy atom. The number of anilines is 2. The molecule has 0 bridgehead atoms. The first-order valence-electron chi connectivity index (χ1n) is 9.14. The highest BCUT2D eigenvalue weighted by Crippen LogP contribution is 2.13. The van der Waals surface area contributed by atoms with E-state index in [0.717, 1.165) is 6.42 Å². The number of hydrogen-bond acceptors (Lipinski definition) is 4. The first-order chi connectivity index (χ1) is 13.4. The monoisotopic (exact) mass is 382 g/mol. The van der Waals surface area contributed by atoms with E-state index in [0.29, 0.717) is 29.0 Å². The van der Waals surface area contributed by atoms with Gasteiger partial charge >= 0.3 is 0 Å². The molecule has 0 heterocycles. The van der Waals surface area contributed by atoms with E-state index in [1.807, 2.05) is 6.92 Å². The summed E-state index contributed by atoms with van der Waals surface area (Å²) in [5, 5.41) is 8.57. The van der Waals surface area contributed by atoms with E-state index in [1.165, 1.54) is 4.90 Å². The van der Waals surface area contributed by atoms with E-state index >= 15 is 0 Å². The molecule has 0 fully saturated rings. The molecule has 2 aromatic rings. The van der Waals surface area contributed by atoms with Gasteiger partial charge in [-0.15, -0.1) is 0 Å². The van der Waals surface area contributed by atoms with Gasteiger partial charge in [-0.1, -0.05) is 19.1 Å². The summed E-state index contributed by atoms with van der Waals surface area (Å²) in [6, 6.07) is 13.8. The van der Waals surface area contributed by atoms with E-state index < -0.39 is 0 Å². The molecule has 0 saturated carbocycles. The Bertz CT molecular complexity index is 849. The van der Waals surface area contributed by atoms with Crippen LogP contribution in [0.3, 0.4) is 0 Å². The van der Waals surface area contributed by atoms with Gasteiger partial charge < -0.3 is 20.9 Å². The van der Waals surface area contributed by atoms with Gasteiger partial charge in [0, 0.05) is 43.1 Å². The molecule has 2 aromatic carbocycles. The maximum Gasteiger partial charge on any atom is 0.253 e. The highest BCUT2D eigenvalue weighted by Gasteiger charge is 2.10. The largest absolute Gasteiger partial charge is 0.376 e. The Hall–Kier alpha value is -3.35. The van der Waals surface area contributed by atoms with Crippen LogP contribution < -0.4 is 16.0 Å². The molecule has 0 atom stereocenters. The predicted octanol–water partition coefficient (Wildman–Crippen LogP) is 2.58. The lowest BCUT2D eigenvalue weighted by Gasteiger charge is -2.12. The molecule has 0 unspecified atom stereocenters. The van der Waals surface area contributed by atoms with Crippen molar-refractivity contribution >= 4 is 29.1 Å². The molecular weight excluding hydrogens is 356 g/mol. The van der Waals surface area contributed by atoms with Crippen LogP contribution in [0, 0.1) is 0 Å². The van der Waals surface area contributed by atoms with Crippen molar-refractivity contribution in [3.63, 3.8) is 0 Å². The lowest BCUT2D eigenvalue weighted by Crippen LogP contribution is -2.25. The molecule has 28 heavy (non-hydrogen) atoms. The van der Waals surface area contributed by atoms with Gasteiger partial charge in [0.05, 0.1) is 6.54 Å². The summed E-state index contributed by atoms with van der Waals surface area (Å²) in [6.45, 7) is 2.62. The van der Waals surface area contributed by atoms with E-state index in [9.17, 15) is 14.4 Å². The minimum Gasteiger partial charge on any atom is -0.376 e. The maximum absolute atomic E-state index is 12.2. The lowest BCUT2D eigenvalue weighted by molar-refractivity contribution is -0.114. The van der Waals surface area contributed by atoms with Crippen LogP contribution in [-0.4, -0.2) is 49.8 Å². The number of rotatable bonds is 8. The topological polar surface area (TPSA) is 90.5 Å². The summed E-state index contributed by atoms with van der Waals surface area (Å²) in [6.07, 6.45) is 0.856. The van der Waals surface area contributed by atoms with Gasteiger partial charge in [-0.25, -0.2) is 0 Å². The fourth-order valence-electron chi connectivity index (χ4n) is 2.49. The van der Waals surface area contributed by atoms with Crippen LogP contribution in [0.5, 0.6) is 0 Å². The third kappa shape index (κ3) is 6.12. The zero-order valence-electron chi connectivity index (χ0n) is 16.4. The van der Waals surface area contributed by atoms with Crippen molar-refractivity contribution in [2.24, 2.45) is 0 Å². The summed E-state index contributed by atoms with van der Waals surface area (Å²) >= 11 is 0. The standard InChI is InChI=1S/C21H26N4O3/c1-4-11-22-20(27)15-7-5-10-18(12-15)24-19(26)14-23-17-9-6-8-16(13-17)21(28)25(2)3/h5-10,12-13,23H,4,11,14H2,1-3H3,(H,22,27)(H,24,26). The Balaban J connectivity index is 1.93. The number of amides is 3. The van der Waals surface area contributed by atoms with Crippen molar-refractivity contribution in [1.82, 2.24) is 10.2 Å². The molecule has 3 amide bonds. The fraction of sp³-hybridized carbons (Fsp3) is 0.286. The highest BCUT2D eigenvalue weighted by atomic mass is 16.2. The highest BCUT2D eigenvalue weighted by molar-refractivity contribution is 5.98. The third-order valence-electron chi connectivity index (χ3n) is 3.91. The fourth-order valence-corrected chi connectivity index (χ4v) is 2.49. The molecule has 7 heteroatoms. The zero-order chi connectivity index (χ0) is 20.5. The number of benzene rings is 2. The van der Waals surface area contributed by atoms with Crippen LogP contribution in [0.25, 0.3) is 0 Å². The summed E-state index contributed by atoms with van der Waals surface area (Å²) in [5.41, 5.74) is 2.26. The molecule has 0 radical (unpaired) electrons. The predicted molar refractivity (Wildman–Crippen MR) is 111 cm³/mol. The number of carbonyl (C=O) groups excluding carboxylic acids is 3. The van der Waals surface area contributed by atoms with Gasteiger partial charge in [0.15, 0.2) is 0 Å². The average Bonchev–Trinajstić information content (AvgIpc) is 2.70. The van der Waals surface area contributed by atoms with E-state index in [2.05, 4.69) is 16.0 Å². The number of hydrogen-bond donors (Lipinski definition) is 3. The second kappa shape index (κ2) is 10.1. The van der Waals surface area contributed by atoms with Crippen LogP contribution in [0.15, 0.2) is 48.5 Å². The summed E-state index contributed by atoms with van der Waals surface area (Å²) < 4.78 is 0. The number of nitrogens with one attached hydrogen (secondary N) is 3. The van der Waals surface area contributed by atoms with Crippen molar-refractivity contribution in [1.29, 1.82) is 0 Å². The van der Waals surface area contributed by atoms with Gasteiger partial charge in [0.25, 0.3) is 11.8 Å². The zero-order valence-corrected chi connectivity index (χ0v) is 16.4. The van der Waals surface area contributed by atoms with Crippen molar-refractivity contribution < 1.29 is 14.4 Å². The third-order valence-corrected chi connectivity index (χ3v) is 3.91. The van der Waals surface area contributed by atoms with Crippen LogP contribution in [-0.2, 0) is 4.79 Å². The van der Waals surface area contributed by atoms with Crippen molar-refractivity contribution in [2.45, 2.75) is 13.3 Å². The minimum absolute atomic E-state index is 0.0336. The Labute approximate surface area is 165 Å². The average molecular weight is 382 g/mol. The normalized spacial score (nSPS) is 10.1. The summed E-state index contributed by atoms with van der Waals surface area (Å²) in [5.74, 6) is -0.528. The smallest absolute Gasteiger partial charge is 0.253 e.